The van der Waals surface area contributed by atoms with Crippen molar-refractivity contribution < 1.29 is 4.79 Å². The Bertz CT molecular complexity index is 1270. The molecule has 0 spiro atoms. The number of benzene rings is 1. The lowest BCUT2D eigenvalue weighted by Crippen LogP contribution is -2.36. The molecule has 6 nitrogen and oxygen atoms in total. The molecule has 6 heteroatoms. The first-order chi connectivity index (χ1) is 16.1. The fourth-order valence-corrected chi connectivity index (χ4v) is 4.67. The lowest BCUT2D eigenvalue weighted by molar-refractivity contribution is -0.123. The summed E-state index contributed by atoms with van der Waals surface area (Å²) in [7, 11) is 2.03. The minimum absolute atomic E-state index is 0.117. The van der Waals surface area contributed by atoms with E-state index in [1.165, 1.54) is 0 Å². The van der Waals surface area contributed by atoms with Crippen LogP contribution in [0, 0.1) is 12.8 Å². The molecule has 0 unspecified atom stereocenters. The number of carbonyl (C=O) groups excluding carboxylic acids is 1. The van der Waals surface area contributed by atoms with Crippen LogP contribution >= 0.6 is 0 Å². The maximum Gasteiger partial charge on any atom is 0.142 e. The van der Waals surface area contributed by atoms with E-state index in [-0.39, 0.29) is 5.92 Å². The van der Waals surface area contributed by atoms with Crippen molar-refractivity contribution in [2.45, 2.75) is 32.7 Å². The van der Waals surface area contributed by atoms with Gasteiger partial charge in [0.05, 0.1) is 17.6 Å². The van der Waals surface area contributed by atoms with Crippen LogP contribution in [0.1, 0.15) is 30.1 Å². The number of hydrogen-bond acceptors (Lipinski definition) is 5. The Hall–Kier alpha value is -3.38. The molecule has 33 heavy (non-hydrogen) atoms. The van der Waals surface area contributed by atoms with Gasteiger partial charge in [-0.3, -0.25) is 19.7 Å². The van der Waals surface area contributed by atoms with Gasteiger partial charge in [-0.25, -0.2) is 4.98 Å². The average molecular weight is 440 g/mol. The van der Waals surface area contributed by atoms with E-state index in [1.807, 2.05) is 44.7 Å². The molecule has 0 atom stereocenters. The van der Waals surface area contributed by atoms with Crippen LogP contribution in [0.15, 0.2) is 61.1 Å². The number of Topliss-reactive ketones (excluding diaryl/α,β-unsaturated/α-hetero) is 1. The van der Waals surface area contributed by atoms with Gasteiger partial charge in [-0.1, -0.05) is 18.2 Å². The number of carbonyl (C=O) groups is 1. The van der Waals surface area contributed by atoms with Crippen LogP contribution in [0.25, 0.3) is 22.0 Å². The number of ketones is 1. The van der Waals surface area contributed by atoms with Gasteiger partial charge in [-0.2, -0.15) is 0 Å². The van der Waals surface area contributed by atoms with E-state index < -0.39 is 0 Å². The predicted molar refractivity (Wildman–Crippen MR) is 130 cm³/mol. The minimum Gasteiger partial charge on any atom is -0.331 e. The smallest absolute Gasteiger partial charge is 0.142 e. The van der Waals surface area contributed by atoms with Crippen LogP contribution in [0.5, 0.6) is 0 Å². The van der Waals surface area contributed by atoms with E-state index in [4.69, 9.17) is 0 Å². The van der Waals surface area contributed by atoms with Crippen LogP contribution < -0.4 is 0 Å². The zero-order valence-electron chi connectivity index (χ0n) is 19.2. The number of imidazole rings is 1. The minimum atomic E-state index is 0.117. The molecular formula is C27H29N5O. The Morgan fingerprint density at radius 3 is 2.55 bits per heavy atom. The first kappa shape index (κ1) is 21.5. The molecule has 1 aromatic carbocycles. The average Bonchev–Trinajstić information content (AvgIpc) is 3.18. The molecule has 0 N–H and O–H groups in total. The molecule has 0 bridgehead atoms. The molecule has 0 saturated carbocycles. The zero-order valence-corrected chi connectivity index (χ0v) is 19.2. The molecule has 1 aliphatic rings. The van der Waals surface area contributed by atoms with E-state index in [0.717, 1.165) is 71.7 Å². The summed E-state index contributed by atoms with van der Waals surface area (Å²) in [6.07, 6.45) is 7.83. The predicted octanol–water partition coefficient (Wildman–Crippen LogP) is 4.36. The number of pyridine rings is 2. The molecule has 1 fully saturated rings. The highest BCUT2D eigenvalue weighted by Gasteiger charge is 2.25. The number of rotatable bonds is 6. The Morgan fingerprint density at radius 1 is 0.970 bits per heavy atom. The lowest BCUT2D eigenvalue weighted by Gasteiger charge is -2.30. The van der Waals surface area contributed by atoms with Gasteiger partial charge < -0.3 is 4.57 Å². The SMILES string of the molecule is Cc1ncc(-c2ccc3cnc(CC(=O)C4CCN(Cc5ccccn5)CC4)cc3c2)n1C. The Labute approximate surface area is 194 Å². The summed E-state index contributed by atoms with van der Waals surface area (Å²) in [5, 5.41) is 2.19. The molecule has 0 aliphatic carbocycles. The van der Waals surface area contributed by atoms with Gasteiger partial charge >= 0.3 is 0 Å². The summed E-state index contributed by atoms with van der Waals surface area (Å²) in [5.74, 6) is 1.40. The van der Waals surface area contributed by atoms with Gasteiger partial charge in [0.1, 0.15) is 11.6 Å². The molecule has 4 aromatic rings. The fraction of sp³-hybridized carbons (Fsp3) is 0.333. The third-order valence-electron chi connectivity index (χ3n) is 6.80. The normalized spacial score (nSPS) is 15.2. The van der Waals surface area contributed by atoms with E-state index in [1.54, 1.807) is 0 Å². The number of nitrogens with zero attached hydrogens (tertiary/aromatic N) is 5. The number of piperidine rings is 1. The topological polar surface area (TPSA) is 63.9 Å². The third kappa shape index (κ3) is 4.71. The second kappa shape index (κ2) is 9.24. The van der Waals surface area contributed by atoms with Crippen LogP contribution in [0.4, 0.5) is 0 Å². The van der Waals surface area contributed by atoms with Crippen molar-refractivity contribution in [2.75, 3.05) is 13.1 Å². The fourth-order valence-electron chi connectivity index (χ4n) is 4.67. The Morgan fingerprint density at radius 2 is 1.82 bits per heavy atom. The van der Waals surface area contributed by atoms with Gasteiger partial charge in [-0.05, 0) is 62.5 Å². The molecule has 0 amide bonds. The van der Waals surface area contributed by atoms with E-state index in [9.17, 15) is 4.79 Å². The van der Waals surface area contributed by atoms with Gasteiger partial charge in [0.15, 0.2) is 0 Å². The summed E-state index contributed by atoms with van der Waals surface area (Å²) in [5.41, 5.74) is 4.14. The van der Waals surface area contributed by atoms with Crippen molar-refractivity contribution in [1.82, 2.24) is 24.4 Å². The van der Waals surface area contributed by atoms with Crippen LogP contribution in [0.2, 0.25) is 0 Å². The van der Waals surface area contributed by atoms with Gasteiger partial charge in [0.25, 0.3) is 0 Å². The molecule has 1 aliphatic heterocycles. The van der Waals surface area contributed by atoms with Crippen molar-refractivity contribution in [3.05, 3.63) is 78.3 Å². The van der Waals surface area contributed by atoms with E-state index in [2.05, 4.69) is 54.8 Å². The number of likely N-dealkylation sites (tertiary alicyclic amines) is 1. The summed E-state index contributed by atoms with van der Waals surface area (Å²) in [6.45, 7) is 4.73. The molecule has 0 radical (unpaired) electrons. The largest absolute Gasteiger partial charge is 0.331 e. The number of fused-ring (bicyclic) bond motifs is 1. The first-order valence-electron chi connectivity index (χ1n) is 11.6. The molecule has 5 rings (SSSR count). The second-order valence-corrected chi connectivity index (χ2v) is 9.00. The first-order valence-corrected chi connectivity index (χ1v) is 11.6. The van der Waals surface area contributed by atoms with Crippen LogP contribution in [-0.4, -0.2) is 43.3 Å². The van der Waals surface area contributed by atoms with Crippen molar-refractivity contribution >= 4 is 16.6 Å². The molecule has 168 valence electrons. The maximum absolute atomic E-state index is 13.0. The standard InChI is InChI=1S/C27H29N5O/c1-19-29-17-26(31(19)2)21-6-7-22-16-30-25(14-23(22)13-21)15-27(33)20-8-11-32(12-9-20)18-24-5-3-4-10-28-24/h3-7,10,13-14,16-17,20H,8-9,11-12,15,18H2,1-2H3. The molecule has 4 heterocycles. The highest BCUT2D eigenvalue weighted by atomic mass is 16.1. The molecular weight excluding hydrogens is 410 g/mol. The number of aryl methyl sites for hydroxylation is 1. The van der Waals surface area contributed by atoms with Crippen molar-refractivity contribution in [3.63, 3.8) is 0 Å². The molecule has 1 saturated heterocycles. The summed E-state index contributed by atoms with van der Waals surface area (Å²) in [4.78, 5) is 28.8. The van der Waals surface area contributed by atoms with Crippen molar-refractivity contribution in [2.24, 2.45) is 13.0 Å². The number of hydrogen-bond donors (Lipinski definition) is 0. The van der Waals surface area contributed by atoms with Crippen LogP contribution in [-0.2, 0) is 24.8 Å². The Balaban J connectivity index is 1.24. The lowest BCUT2D eigenvalue weighted by atomic mass is 9.90. The maximum atomic E-state index is 13.0. The van der Waals surface area contributed by atoms with Gasteiger partial charge in [0, 0.05) is 55.0 Å². The van der Waals surface area contributed by atoms with E-state index in [0.29, 0.717) is 12.2 Å². The Kier molecular flexibility index (Phi) is 6.01. The van der Waals surface area contributed by atoms with Gasteiger partial charge in [-0.15, -0.1) is 0 Å². The highest BCUT2D eigenvalue weighted by Crippen LogP contribution is 2.26. The monoisotopic (exact) mass is 439 g/mol. The van der Waals surface area contributed by atoms with Crippen molar-refractivity contribution in [3.8, 4) is 11.3 Å². The molecule has 3 aromatic heterocycles. The quantitative estimate of drug-likeness (QED) is 0.447. The van der Waals surface area contributed by atoms with Crippen molar-refractivity contribution in [1.29, 1.82) is 0 Å². The van der Waals surface area contributed by atoms with Crippen LogP contribution in [0.3, 0.4) is 0 Å². The zero-order chi connectivity index (χ0) is 22.8. The summed E-state index contributed by atoms with van der Waals surface area (Å²) >= 11 is 0. The third-order valence-corrected chi connectivity index (χ3v) is 6.80. The number of aromatic nitrogens is 4. The highest BCUT2D eigenvalue weighted by molar-refractivity contribution is 5.88. The summed E-state index contributed by atoms with van der Waals surface area (Å²) in [6, 6.07) is 14.4. The summed E-state index contributed by atoms with van der Waals surface area (Å²) < 4.78 is 2.09. The second-order valence-electron chi connectivity index (χ2n) is 9.00. The van der Waals surface area contributed by atoms with Gasteiger partial charge in [0.2, 0.25) is 0 Å². The van der Waals surface area contributed by atoms with E-state index >= 15 is 0 Å².